The van der Waals surface area contributed by atoms with Crippen LogP contribution < -0.4 is 5.32 Å². The predicted molar refractivity (Wildman–Crippen MR) is 183 cm³/mol. The van der Waals surface area contributed by atoms with Gasteiger partial charge in [-0.3, -0.25) is 9.59 Å². The van der Waals surface area contributed by atoms with Crippen molar-refractivity contribution >= 4 is 22.8 Å². The molecule has 1 aromatic heterocycles. The largest absolute Gasteiger partial charge is 0.464 e. The Kier molecular flexibility index (Phi) is 7.46. The molecule has 0 spiro atoms. The second-order valence-electron chi connectivity index (χ2n) is 17.8. The Morgan fingerprint density at radius 3 is 2.41 bits per heavy atom. The third-order valence-electron chi connectivity index (χ3n) is 15.7. The Morgan fingerprint density at radius 1 is 0.891 bits per heavy atom. The van der Waals surface area contributed by atoms with E-state index in [4.69, 9.17) is 9.15 Å². The van der Waals surface area contributed by atoms with Crippen LogP contribution in [0, 0.1) is 56.7 Å². The van der Waals surface area contributed by atoms with Gasteiger partial charge < -0.3 is 14.5 Å². The van der Waals surface area contributed by atoms with Crippen molar-refractivity contribution in [2.45, 2.75) is 125 Å². The number of amides is 1. The number of carbonyl (C=O) groups excluding carboxylic acids is 2. The summed E-state index contributed by atoms with van der Waals surface area (Å²) in [5.41, 5.74) is 3.55. The van der Waals surface area contributed by atoms with Gasteiger partial charge in [-0.25, -0.2) is 0 Å². The van der Waals surface area contributed by atoms with E-state index in [1.807, 2.05) is 12.1 Å². The van der Waals surface area contributed by atoms with Crippen LogP contribution in [0.1, 0.15) is 118 Å². The SMILES string of the molecule is C=C(C)[C@@H]1CC[C@]2(C(=O)NCc3ccc4occc4c3)CC[C@]3(C)C(CCC4[C@@]5(C)CC[C@H](OC(C)=O)C(C)(C)C5CC[C@]43C)C12. The van der Waals surface area contributed by atoms with Gasteiger partial charge in [0, 0.05) is 24.3 Å². The van der Waals surface area contributed by atoms with Crippen LogP contribution in [-0.4, -0.2) is 18.0 Å². The maximum absolute atomic E-state index is 14.5. The fraction of sp³-hybridized carbons (Fsp3) is 0.707. The van der Waals surface area contributed by atoms with Crippen LogP contribution in [0.3, 0.4) is 0 Å². The van der Waals surface area contributed by atoms with Gasteiger partial charge in [0.25, 0.3) is 0 Å². The van der Waals surface area contributed by atoms with Gasteiger partial charge in [0.1, 0.15) is 11.7 Å². The summed E-state index contributed by atoms with van der Waals surface area (Å²) in [6.07, 6.45) is 12.8. The fourth-order valence-electron chi connectivity index (χ4n) is 13.4. The molecule has 1 amide bonds. The van der Waals surface area contributed by atoms with E-state index in [-0.39, 0.29) is 45.1 Å². The topological polar surface area (TPSA) is 68.5 Å². The standard InChI is InChI=1S/C41H57NO4/c1-25(2)29-13-19-41(36(44)42-24-27-9-11-31-28(23-27)16-22-45-31)21-20-39(7)30(35(29)41)10-12-33-38(6)17-15-34(46-26(3)43)37(4,5)32(38)14-18-40(33,39)8/h9,11,16,22-23,29-30,32-35H,1,10,12-15,17-21,24H2,2-8H3,(H,42,44)/t29-,30?,32?,33?,34-,35?,38-,39+,40+,41-/m0/s1. The Labute approximate surface area is 276 Å². The van der Waals surface area contributed by atoms with Gasteiger partial charge in [-0.05, 0) is 141 Å². The van der Waals surface area contributed by atoms with Crippen LogP contribution in [0.4, 0.5) is 0 Å². The molecule has 7 rings (SSSR count). The maximum Gasteiger partial charge on any atom is 0.302 e. The van der Waals surface area contributed by atoms with Crippen LogP contribution in [0.5, 0.6) is 0 Å². The Morgan fingerprint density at radius 2 is 1.67 bits per heavy atom. The average molecular weight is 628 g/mol. The van der Waals surface area contributed by atoms with Crippen molar-refractivity contribution < 1.29 is 18.7 Å². The van der Waals surface area contributed by atoms with Crippen molar-refractivity contribution in [3.8, 4) is 0 Å². The summed E-state index contributed by atoms with van der Waals surface area (Å²) < 4.78 is 11.5. The third kappa shape index (κ3) is 4.38. The van der Waals surface area contributed by atoms with E-state index >= 15 is 0 Å². The van der Waals surface area contributed by atoms with Crippen molar-refractivity contribution in [2.24, 2.45) is 56.7 Å². The monoisotopic (exact) mass is 627 g/mol. The first-order valence-electron chi connectivity index (χ1n) is 18.2. The number of carbonyl (C=O) groups is 2. The molecule has 5 saturated carbocycles. The van der Waals surface area contributed by atoms with Gasteiger partial charge in [0.05, 0.1) is 11.7 Å². The molecule has 1 N–H and O–H groups in total. The molecule has 5 nitrogen and oxygen atoms in total. The highest BCUT2D eigenvalue weighted by atomic mass is 16.5. The highest BCUT2D eigenvalue weighted by Crippen LogP contribution is 2.77. The molecule has 5 fully saturated rings. The zero-order valence-corrected chi connectivity index (χ0v) is 29.5. The van der Waals surface area contributed by atoms with Crippen LogP contribution in [0.2, 0.25) is 0 Å². The summed E-state index contributed by atoms with van der Waals surface area (Å²) in [5, 5.41) is 4.54. The van der Waals surface area contributed by atoms with Crippen LogP contribution in [0.25, 0.3) is 11.0 Å². The minimum Gasteiger partial charge on any atom is -0.464 e. The summed E-state index contributed by atoms with van der Waals surface area (Å²) in [6.45, 7) is 21.5. The van der Waals surface area contributed by atoms with Gasteiger partial charge in [0.2, 0.25) is 5.91 Å². The molecule has 4 unspecified atom stereocenters. The summed E-state index contributed by atoms with van der Waals surface area (Å²) in [6, 6.07) is 8.21. The van der Waals surface area contributed by atoms with Gasteiger partial charge in [-0.15, -0.1) is 0 Å². The smallest absolute Gasteiger partial charge is 0.302 e. The highest BCUT2D eigenvalue weighted by molar-refractivity contribution is 5.84. The molecule has 46 heavy (non-hydrogen) atoms. The minimum absolute atomic E-state index is 0.00424. The summed E-state index contributed by atoms with van der Waals surface area (Å²) >= 11 is 0. The summed E-state index contributed by atoms with van der Waals surface area (Å²) in [5.74, 6) is 2.58. The third-order valence-corrected chi connectivity index (χ3v) is 15.7. The van der Waals surface area contributed by atoms with Crippen molar-refractivity contribution in [3.05, 3.63) is 48.2 Å². The van der Waals surface area contributed by atoms with E-state index in [9.17, 15) is 9.59 Å². The molecule has 0 aliphatic heterocycles. The number of rotatable bonds is 5. The average Bonchev–Trinajstić information content (AvgIpc) is 3.63. The zero-order valence-electron chi connectivity index (χ0n) is 29.5. The number of fused-ring (bicyclic) bond motifs is 8. The predicted octanol–water partition coefficient (Wildman–Crippen LogP) is 9.64. The molecule has 0 saturated heterocycles. The van der Waals surface area contributed by atoms with Gasteiger partial charge >= 0.3 is 5.97 Å². The lowest BCUT2D eigenvalue weighted by Gasteiger charge is -2.72. The molecule has 1 aromatic carbocycles. The molecule has 2 aromatic rings. The van der Waals surface area contributed by atoms with Crippen molar-refractivity contribution in [1.82, 2.24) is 5.32 Å². The first-order valence-corrected chi connectivity index (χ1v) is 18.2. The number of nitrogens with one attached hydrogen (secondary N) is 1. The lowest BCUT2D eigenvalue weighted by Crippen LogP contribution is -2.67. The molecule has 5 heteroatoms. The molecule has 0 bridgehead atoms. The number of esters is 1. The lowest BCUT2D eigenvalue weighted by atomic mass is 9.32. The van der Waals surface area contributed by atoms with Gasteiger partial charge in [0.15, 0.2) is 0 Å². The molecule has 1 heterocycles. The number of ether oxygens (including phenoxy) is 1. The van der Waals surface area contributed by atoms with Gasteiger partial charge in [-0.1, -0.05) is 52.8 Å². The van der Waals surface area contributed by atoms with Crippen molar-refractivity contribution in [1.29, 1.82) is 0 Å². The Balaban J connectivity index is 1.18. The van der Waals surface area contributed by atoms with Gasteiger partial charge in [-0.2, -0.15) is 0 Å². The van der Waals surface area contributed by atoms with Crippen LogP contribution in [-0.2, 0) is 20.9 Å². The van der Waals surface area contributed by atoms with Crippen molar-refractivity contribution in [2.75, 3.05) is 0 Å². The molecular formula is C41H57NO4. The van der Waals surface area contributed by atoms with E-state index in [0.29, 0.717) is 36.1 Å². The van der Waals surface area contributed by atoms with E-state index < -0.39 is 0 Å². The second kappa shape index (κ2) is 10.7. The molecule has 10 atom stereocenters. The zero-order chi connectivity index (χ0) is 32.9. The number of hydrogen-bond donors (Lipinski definition) is 1. The normalized spacial score (nSPS) is 42.7. The first kappa shape index (κ1) is 32.0. The second-order valence-corrected chi connectivity index (χ2v) is 17.8. The Bertz CT molecular complexity index is 1550. The van der Waals surface area contributed by atoms with E-state index in [1.165, 1.54) is 31.3 Å². The van der Waals surface area contributed by atoms with E-state index in [2.05, 4.69) is 65.6 Å². The molecule has 250 valence electrons. The first-order chi connectivity index (χ1) is 21.7. The number of hydrogen-bond acceptors (Lipinski definition) is 4. The molecule has 5 aliphatic carbocycles. The van der Waals surface area contributed by atoms with E-state index in [0.717, 1.165) is 55.1 Å². The number of furan rings is 1. The minimum atomic E-state index is -0.318. The number of benzene rings is 1. The maximum atomic E-state index is 14.5. The van der Waals surface area contributed by atoms with E-state index in [1.54, 1.807) is 13.2 Å². The quantitative estimate of drug-likeness (QED) is 0.265. The molecule has 5 aliphatic rings. The van der Waals surface area contributed by atoms with Crippen LogP contribution >= 0.6 is 0 Å². The Hall–Kier alpha value is -2.56. The van der Waals surface area contributed by atoms with Crippen LogP contribution in [0.15, 0.2) is 47.1 Å². The number of allylic oxidation sites excluding steroid dienone is 1. The summed E-state index contributed by atoms with van der Waals surface area (Å²) in [7, 11) is 0. The molecular weight excluding hydrogens is 570 g/mol. The van der Waals surface area contributed by atoms with Crippen molar-refractivity contribution in [3.63, 3.8) is 0 Å². The lowest BCUT2D eigenvalue weighted by molar-refractivity contribution is -0.248. The highest BCUT2D eigenvalue weighted by Gasteiger charge is 2.72. The fourth-order valence-corrected chi connectivity index (χ4v) is 13.4. The summed E-state index contributed by atoms with van der Waals surface area (Å²) in [4.78, 5) is 26.6. The molecule has 0 radical (unpaired) electrons.